The second-order valence-electron chi connectivity index (χ2n) is 4.29. The lowest BCUT2D eigenvalue weighted by atomic mass is 10.1. The smallest absolute Gasteiger partial charge is 0.329 e. The van der Waals surface area contributed by atoms with E-state index in [-0.39, 0.29) is 17.7 Å². The zero-order chi connectivity index (χ0) is 15.5. The number of halogens is 1. The van der Waals surface area contributed by atoms with E-state index in [0.29, 0.717) is 5.56 Å². The number of ether oxygens (including phenoxy) is 1. The highest BCUT2D eigenvalue weighted by molar-refractivity contribution is 7.92. The summed E-state index contributed by atoms with van der Waals surface area (Å²) < 4.78 is 49.2. The van der Waals surface area contributed by atoms with Crippen LogP contribution in [0.3, 0.4) is 0 Å². The number of anilines is 1. The van der Waals surface area contributed by atoms with Crippen LogP contribution in [0.2, 0.25) is 0 Å². The number of hydrogen-bond donors (Lipinski definition) is 1. The number of aryl methyl sites for hydroxylation is 1. The first-order valence-corrected chi connectivity index (χ1v) is 7.64. The van der Waals surface area contributed by atoms with Gasteiger partial charge in [-0.2, -0.15) is 0 Å². The van der Waals surface area contributed by atoms with Crippen LogP contribution in [0.25, 0.3) is 0 Å². The largest absolute Gasteiger partial charge is 0.408 e. The number of nitrogens with zero attached hydrogens (tertiary/aromatic N) is 2. The molecule has 0 aliphatic carbocycles. The van der Waals surface area contributed by atoms with Crippen molar-refractivity contribution in [3.05, 3.63) is 41.5 Å². The number of nitrogens with one attached hydrogen (secondary N) is 1. The lowest BCUT2D eigenvalue weighted by Crippen LogP contribution is -2.23. The fourth-order valence-electron chi connectivity index (χ4n) is 1.69. The van der Waals surface area contributed by atoms with Gasteiger partial charge in [0.1, 0.15) is 5.82 Å². The molecule has 114 valence electrons. The molecule has 0 saturated carbocycles. The van der Waals surface area contributed by atoms with Crippen LogP contribution in [0.15, 0.2) is 28.7 Å². The Kier molecular flexibility index (Phi) is 4.53. The van der Waals surface area contributed by atoms with Crippen molar-refractivity contribution in [3.8, 4) is 0 Å². The van der Waals surface area contributed by atoms with Gasteiger partial charge in [-0.05, 0) is 17.7 Å². The van der Waals surface area contributed by atoms with Crippen molar-refractivity contribution in [1.82, 2.24) is 10.2 Å². The van der Waals surface area contributed by atoms with Gasteiger partial charge < -0.3 is 9.15 Å². The minimum atomic E-state index is -3.76. The lowest BCUT2D eigenvalue weighted by molar-refractivity contribution is 0.122. The third kappa shape index (κ3) is 4.23. The van der Waals surface area contributed by atoms with Crippen molar-refractivity contribution >= 4 is 16.0 Å². The van der Waals surface area contributed by atoms with Crippen LogP contribution >= 0.6 is 0 Å². The first-order chi connectivity index (χ1) is 9.89. The molecule has 7 nitrogen and oxygen atoms in total. The first kappa shape index (κ1) is 15.4. The van der Waals surface area contributed by atoms with Gasteiger partial charge in [0, 0.05) is 14.0 Å². The first-order valence-electron chi connectivity index (χ1n) is 5.98. The highest BCUT2D eigenvalue weighted by atomic mass is 32.2. The van der Waals surface area contributed by atoms with E-state index in [1.165, 1.54) is 31.4 Å². The molecule has 0 spiro atoms. The van der Waals surface area contributed by atoms with Crippen LogP contribution in [0, 0.1) is 12.7 Å². The number of hydrogen-bond acceptors (Lipinski definition) is 6. The highest BCUT2D eigenvalue weighted by Gasteiger charge is 2.22. The van der Waals surface area contributed by atoms with Gasteiger partial charge in [-0.25, -0.2) is 17.5 Å². The van der Waals surface area contributed by atoms with E-state index in [9.17, 15) is 12.8 Å². The molecule has 0 amide bonds. The third-order valence-electron chi connectivity index (χ3n) is 2.67. The molecule has 0 fully saturated rings. The number of aromatic nitrogens is 2. The summed E-state index contributed by atoms with van der Waals surface area (Å²) in [4.78, 5) is 0. The van der Waals surface area contributed by atoms with Crippen molar-refractivity contribution in [2.45, 2.75) is 13.0 Å². The standard InChI is InChI=1S/C12H14FN3O4S/c1-8-14-15-12(20-8)16-21(17,18)7-11(19-2)9-3-5-10(13)6-4-9/h3-6,11H,7H2,1-2H3,(H,15,16). The molecule has 0 aliphatic rings. The summed E-state index contributed by atoms with van der Waals surface area (Å²) in [6.07, 6.45) is -0.743. The molecule has 2 rings (SSSR count). The minimum Gasteiger partial charge on any atom is -0.408 e. The molecule has 1 aromatic carbocycles. The molecule has 0 saturated heterocycles. The maximum Gasteiger partial charge on any atom is 0.329 e. The monoisotopic (exact) mass is 315 g/mol. The molecule has 1 N–H and O–H groups in total. The minimum absolute atomic E-state index is 0.207. The Morgan fingerprint density at radius 3 is 2.52 bits per heavy atom. The molecular weight excluding hydrogens is 301 g/mol. The normalized spacial score (nSPS) is 13.1. The third-order valence-corrected chi connectivity index (χ3v) is 3.89. The maximum atomic E-state index is 12.9. The van der Waals surface area contributed by atoms with Gasteiger partial charge in [-0.1, -0.05) is 17.2 Å². The molecule has 1 unspecified atom stereocenters. The van der Waals surface area contributed by atoms with E-state index in [2.05, 4.69) is 14.9 Å². The second kappa shape index (κ2) is 6.19. The molecule has 2 aromatic rings. The zero-order valence-corrected chi connectivity index (χ0v) is 12.2. The average molecular weight is 315 g/mol. The van der Waals surface area contributed by atoms with E-state index in [1.54, 1.807) is 6.92 Å². The molecule has 0 bridgehead atoms. The van der Waals surface area contributed by atoms with Crippen molar-refractivity contribution < 1.29 is 22.0 Å². The Hall–Kier alpha value is -2.00. The van der Waals surface area contributed by atoms with Crippen LogP contribution in [0.1, 0.15) is 17.6 Å². The van der Waals surface area contributed by atoms with Crippen molar-refractivity contribution in [3.63, 3.8) is 0 Å². The number of methoxy groups -OCH3 is 1. The predicted octanol–water partition coefficient (Wildman–Crippen LogP) is 1.65. The van der Waals surface area contributed by atoms with Gasteiger partial charge >= 0.3 is 6.01 Å². The maximum absolute atomic E-state index is 12.9. The van der Waals surface area contributed by atoms with E-state index < -0.39 is 21.9 Å². The summed E-state index contributed by atoms with van der Waals surface area (Å²) in [5, 5.41) is 7.07. The molecule has 1 atom stereocenters. The number of rotatable bonds is 6. The molecule has 1 aromatic heterocycles. The van der Waals surface area contributed by atoms with E-state index in [4.69, 9.17) is 9.15 Å². The quantitative estimate of drug-likeness (QED) is 0.871. The second-order valence-corrected chi connectivity index (χ2v) is 6.05. The topological polar surface area (TPSA) is 94.3 Å². The fourth-order valence-corrected chi connectivity index (χ4v) is 2.85. The van der Waals surface area contributed by atoms with Gasteiger partial charge in [0.05, 0.1) is 11.9 Å². The predicted molar refractivity (Wildman–Crippen MR) is 72.6 cm³/mol. The van der Waals surface area contributed by atoms with Gasteiger partial charge in [0.15, 0.2) is 0 Å². The average Bonchev–Trinajstić information content (AvgIpc) is 2.81. The summed E-state index contributed by atoms with van der Waals surface area (Å²) in [6.45, 7) is 1.54. The summed E-state index contributed by atoms with van der Waals surface area (Å²) in [5.41, 5.74) is 0.547. The van der Waals surface area contributed by atoms with Crippen LogP contribution in [0.4, 0.5) is 10.4 Å². The van der Waals surface area contributed by atoms with E-state index in [0.717, 1.165) is 0 Å². The van der Waals surface area contributed by atoms with Gasteiger partial charge in [-0.15, -0.1) is 5.10 Å². The number of benzene rings is 1. The zero-order valence-electron chi connectivity index (χ0n) is 11.4. The SMILES string of the molecule is COC(CS(=O)(=O)Nc1nnc(C)o1)c1ccc(F)cc1. The van der Waals surface area contributed by atoms with Crippen molar-refractivity contribution in [2.24, 2.45) is 0 Å². The number of sulfonamides is 1. The van der Waals surface area contributed by atoms with Gasteiger partial charge in [0.2, 0.25) is 15.9 Å². The van der Waals surface area contributed by atoms with Gasteiger partial charge in [0.25, 0.3) is 0 Å². The van der Waals surface area contributed by atoms with Crippen molar-refractivity contribution in [1.29, 1.82) is 0 Å². The van der Waals surface area contributed by atoms with Crippen LogP contribution in [-0.4, -0.2) is 31.5 Å². The highest BCUT2D eigenvalue weighted by Crippen LogP contribution is 2.20. The molecule has 0 aliphatic heterocycles. The van der Waals surface area contributed by atoms with Gasteiger partial charge in [-0.3, -0.25) is 0 Å². The molecule has 9 heteroatoms. The Bertz CT molecular complexity index is 700. The fraction of sp³-hybridized carbons (Fsp3) is 0.333. The van der Waals surface area contributed by atoms with Crippen LogP contribution in [0.5, 0.6) is 0 Å². The lowest BCUT2D eigenvalue weighted by Gasteiger charge is -2.15. The summed E-state index contributed by atoms with van der Waals surface area (Å²) in [5.74, 6) is -0.526. The molecular formula is C12H14FN3O4S. The summed E-state index contributed by atoms with van der Waals surface area (Å²) >= 11 is 0. The Balaban J connectivity index is 2.11. The van der Waals surface area contributed by atoms with Crippen molar-refractivity contribution in [2.75, 3.05) is 17.6 Å². The summed E-state index contributed by atoms with van der Waals surface area (Å²) in [7, 11) is -2.38. The summed E-state index contributed by atoms with van der Waals surface area (Å²) in [6, 6.07) is 5.21. The Morgan fingerprint density at radius 1 is 1.33 bits per heavy atom. The van der Waals surface area contributed by atoms with Crippen LogP contribution in [-0.2, 0) is 14.8 Å². The van der Waals surface area contributed by atoms with E-state index >= 15 is 0 Å². The molecule has 0 radical (unpaired) electrons. The molecule has 1 heterocycles. The Labute approximate surface area is 121 Å². The van der Waals surface area contributed by atoms with Crippen LogP contribution < -0.4 is 4.72 Å². The molecule has 21 heavy (non-hydrogen) atoms. The Morgan fingerprint density at radius 2 is 2.00 bits per heavy atom. The van der Waals surface area contributed by atoms with E-state index in [1.807, 2.05) is 0 Å².